The summed E-state index contributed by atoms with van der Waals surface area (Å²) < 4.78 is 5.41. The highest BCUT2D eigenvalue weighted by atomic mass is 16.5. The molecule has 1 N–H and O–H groups in total. The van der Waals surface area contributed by atoms with Crippen molar-refractivity contribution in [3.63, 3.8) is 0 Å². The molecule has 0 aliphatic carbocycles. The predicted molar refractivity (Wildman–Crippen MR) is 165 cm³/mol. The number of ether oxygens (including phenoxy) is 1. The van der Waals surface area contributed by atoms with Gasteiger partial charge < -0.3 is 9.84 Å². The molecule has 3 nitrogen and oxygen atoms in total. The van der Waals surface area contributed by atoms with E-state index in [4.69, 9.17) is 4.74 Å². The molecule has 3 heteroatoms. The van der Waals surface area contributed by atoms with E-state index in [0.717, 1.165) is 24.0 Å². The van der Waals surface area contributed by atoms with E-state index >= 15 is 0 Å². The van der Waals surface area contributed by atoms with Crippen molar-refractivity contribution in [2.75, 3.05) is 6.61 Å². The lowest BCUT2D eigenvalue weighted by atomic mass is 9.79. The first-order valence-corrected chi connectivity index (χ1v) is 15.7. The third-order valence-electron chi connectivity index (χ3n) is 7.45. The first-order chi connectivity index (χ1) is 18.0. The van der Waals surface area contributed by atoms with Crippen molar-refractivity contribution < 1.29 is 14.6 Å². The topological polar surface area (TPSA) is 46.5 Å². The number of aromatic hydroxyl groups is 1. The molecule has 218 valence electrons. The molecule has 0 spiro atoms. The summed E-state index contributed by atoms with van der Waals surface area (Å²) in [4.78, 5) is 12.3. The smallest absolute Gasteiger partial charge is 0.330 e. The zero-order valence-electron chi connectivity index (χ0n) is 26.1. The van der Waals surface area contributed by atoms with E-state index in [-0.39, 0.29) is 22.5 Å². The van der Waals surface area contributed by atoms with Crippen molar-refractivity contribution >= 4 is 12.0 Å². The molecule has 1 aromatic carbocycles. The Bertz CT molecular complexity index is 808. The number of unbranched alkanes of at least 4 members (excludes halogenated alkanes) is 15. The van der Waals surface area contributed by atoms with Gasteiger partial charge in [-0.3, -0.25) is 0 Å². The average molecular weight is 529 g/mol. The van der Waals surface area contributed by atoms with Crippen LogP contribution in [0.25, 0.3) is 6.08 Å². The Morgan fingerprint density at radius 3 is 1.58 bits per heavy atom. The molecule has 0 saturated heterocycles. The normalized spacial score (nSPS) is 12.4. The van der Waals surface area contributed by atoms with Crippen molar-refractivity contribution in [2.24, 2.45) is 0 Å². The van der Waals surface area contributed by atoms with Crippen LogP contribution in [-0.2, 0) is 20.4 Å². The first-order valence-electron chi connectivity index (χ1n) is 15.7. The summed E-state index contributed by atoms with van der Waals surface area (Å²) in [6.07, 6.45) is 24.4. The van der Waals surface area contributed by atoms with Crippen molar-refractivity contribution in [2.45, 2.75) is 162 Å². The van der Waals surface area contributed by atoms with Crippen LogP contribution in [0.4, 0.5) is 0 Å². The minimum atomic E-state index is -0.344. The second-order valence-electron chi connectivity index (χ2n) is 13.3. The van der Waals surface area contributed by atoms with Gasteiger partial charge in [-0.15, -0.1) is 0 Å². The lowest BCUT2D eigenvalue weighted by Gasteiger charge is -2.27. The monoisotopic (exact) mass is 528 g/mol. The zero-order valence-corrected chi connectivity index (χ0v) is 26.1. The number of hydrogen-bond acceptors (Lipinski definition) is 3. The molecule has 1 rings (SSSR count). The number of phenolic OH excluding ortho intramolecular Hbond substituents is 1. The van der Waals surface area contributed by atoms with Crippen LogP contribution >= 0.6 is 0 Å². The molecule has 1 aromatic rings. The maximum absolute atomic E-state index is 12.3. The summed E-state index contributed by atoms with van der Waals surface area (Å²) in [7, 11) is 0. The van der Waals surface area contributed by atoms with Crippen LogP contribution in [0, 0.1) is 0 Å². The average Bonchev–Trinajstić information content (AvgIpc) is 2.83. The summed E-state index contributed by atoms with van der Waals surface area (Å²) >= 11 is 0. The van der Waals surface area contributed by atoms with E-state index in [1.807, 2.05) is 6.07 Å². The lowest BCUT2D eigenvalue weighted by molar-refractivity contribution is -0.137. The molecule has 0 saturated carbocycles. The Morgan fingerprint density at radius 2 is 1.16 bits per heavy atom. The maximum atomic E-state index is 12.3. The van der Waals surface area contributed by atoms with Gasteiger partial charge in [0.1, 0.15) is 5.75 Å². The molecule has 0 bridgehead atoms. The van der Waals surface area contributed by atoms with Crippen molar-refractivity contribution in [3.05, 3.63) is 34.9 Å². The largest absolute Gasteiger partial charge is 0.507 e. The van der Waals surface area contributed by atoms with Crippen molar-refractivity contribution in [1.82, 2.24) is 0 Å². The van der Waals surface area contributed by atoms with Crippen LogP contribution in [0.1, 0.15) is 168 Å². The molecular weight excluding hydrogens is 468 g/mol. The molecule has 0 atom stereocenters. The van der Waals surface area contributed by atoms with Gasteiger partial charge in [-0.25, -0.2) is 4.79 Å². The van der Waals surface area contributed by atoms with Gasteiger partial charge in [-0.05, 0) is 35.0 Å². The van der Waals surface area contributed by atoms with Crippen LogP contribution in [0.5, 0.6) is 5.75 Å². The van der Waals surface area contributed by atoms with Crippen LogP contribution in [0.2, 0.25) is 0 Å². The number of hydrogen-bond donors (Lipinski definition) is 1. The SMILES string of the molecule is CCCCCCCCCCCCCCCCCCOC(=O)/C=C/c1cc(C(C)(C)C)cc(C(C)(C)C)c1O. The van der Waals surface area contributed by atoms with E-state index < -0.39 is 0 Å². The number of carbonyl (C=O) groups excluding carboxylic acids is 1. The Kier molecular flexibility index (Phi) is 16.7. The van der Waals surface area contributed by atoms with Crippen LogP contribution in [-0.4, -0.2) is 17.7 Å². The Hall–Kier alpha value is -1.77. The fourth-order valence-corrected chi connectivity index (χ4v) is 4.82. The quantitative estimate of drug-likeness (QED) is 0.110. The molecule has 0 aromatic heterocycles. The highest BCUT2D eigenvalue weighted by molar-refractivity contribution is 5.87. The number of phenols is 1. The third-order valence-corrected chi connectivity index (χ3v) is 7.45. The number of carbonyl (C=O) groups is 1. The van der Waals surface area contributed by atoms with Gasteiger partial charge in [-0.1, -0.05) is 151 Å². The third kappa shape index (κ3) is 15.0. The zero-order chi connectivity index (χ0) is 28.4. The van der Waals surface area contributed by atoms with E-state index in [1.165, 1.54) is 96.0 Å². The fourth-order valence-electron chi connectivity index (χ4n) is 4.82. The fraction of sp³-hybridized carbons (Fsp3) is 0.743. The number of rotatable bonds is 19. The Balaban J connectivity index is 2.20. The van der Waals surface area contributed by atoms with Gasteiger partial charge in [0.15, 0.2) is 0 Å². The molecule has 0 fully saturated rings. The molecule has 0 heterocycles. The molecule has 0 amide bonds. The van der Waals surface area contributed by atoms with Crippen LogP contribution in [0.3, 0.4) is 0 Å². The second kappa shape index (κ2) is 18.5. The summed E-state index contributed by atoms with van der Waals surface area (Å²) in [6.45, 7) is 15.5. The molecule has 0 radical (unpaired) electrons. The Morgan fingerprint density at radius 1 is 0.711 bits per heavy atom. The maximum Gasteiger partial charge on any atom is 0.330 e. The molecule has 0 unspecified atom stereocenters. The van der Waals surface area contributed by atoms with Crippen LogP contribution < -0.4 is 0 Å². The standard InChI is InChI=1S/C35H60O3/c1-8-9-10-11-12-13-14-15-16-17-18-19-20-21-22-23-26-38-32(36)25-24-29-27-30(34(2,3)4)28-31(33(29)37)35(5,6)7/h24-25,27-28,37H,8-23,26H2,1-7H3/b25-24+. The number of benzene rings is 1. The number of esters is 1. The minimum absolute atomic E-state index is 0.0515. The summed E-state index contributed by atoms with van der Waals surface area (Å²) in [6, 6.07) is 4.06. The van der Waals surface area contributed by atoms with E-state index in [9.17, 15) is 9.90 Å². The van der Waals surface area contributed by atoms with Gasteiger partial charge in [0, 0.05) is 17.2 Å². The highest BCUT2D eigenvalue weighted by Crippen LogP contribution is 2.38. The minimum Gasteiger partial charge on any atom is -0.507 e. The van der Waals surface area contributed by atoms with E-state index in [2.05, 4.69) is 54.5 Å². The second-order valence-corrected chi connectivity index (χ2v) is 13.3. The van der Waals surface area contributed by atoms with Gasteiger partial charge in [0.2, 0.25) is 0 Å². The summed E-state index contributed by atoms with van der Waals surface area (Å²) in [5.41, 5.74) is 2.46. The highest BCUT2D eigenvalue weighted by Gasteiger charge is 2.24. The van der Waals surface area contributed by atoms with Crippen LogP contribution in [0.15, 0.2) is 18.2 Å². The van der Waals surface area contributed by atoms with Gasteiger partial charge >= 0.3 is 5.97 Å². The first kappa shape index (κ1) is 34.3. The van der Waals surface area contributed by atoms with Gasteiger partial charge in [0.05, 0.1) is 6.61 Å². The molecule has 0 aliphatic rings. The Labute approximate surface area is 235 Å². The van der Waals surface area contributed by atoms with Gasteiger partial charge in [0.25, 0.3) is 0 Å². The van der Waals surface area contributed by atoms with Crippen molar-refractivity contribution in [1.29, 1.82) is 0 Å². The summed E-state index contributed by atoms with van der Waals surface area (Å²) in [5, 5.41) is 10.9. The van der Waals surface area contributed by atoms with E-state index in [0.29, 0.717) is 12.2 Å². The molecular formula is C35H60O3. The lowest BCUT2D eigenvalue weighted by Crippen LogP contribution is -2.17. The summed E-state index contributed by atoms with van der Waals surface area (Å²) in [5.74, 6) is -0.101. The van der Waals surface area contributed by atoms with Gasteiger partial charge in [-0.2, -0.15) is 0 Å². The molecule has 0 aliphatic heterocycles. The molecule has 38 heavy (non-hydrogen) atoms. The van der Waals surface area contributed by atoms with E-state index in [1.54, 1.807) is 6.08 Å². The van der Waals surface area contributed by atoms with Crippen molar-refractivity contribution in [3.8, 4) is 5.75 Å². The predicted octanol–water partition coefficient (Wildman–Crippen LogP) is 10.8.